The lowest BCUT2D eigenvalue weighted by Gasteiger charge is -2.41. The Morgan fingerprint density at radius 2 is 1.91 bits per heavy atom. The predicted octanol–water partition coefficient (Wildman–Crippen LogP) is 2.22. The lowest BCUT2D eigenvalue weighted by molar-refractivity contribution is -0.153. The molecule has 7 nitrogen and oxygen atoms in total. The Kier molecular flexibility index (Phi) is 4.31. The molecule has 0 aromatic heterocycles. The molecule has 0 aliphatic carbocycles. The van der Waals surface area contributed by atoms with E-state index >= 15 is 0 Å². The predicted molar refractivity (Wildman–Crippen MR) is 81.7 cm³/mol. The van der Waals surface area contributed by atoms with Crippen molar-refractivity contribution in [2.24, 2.45) is 5.41 Å². The second-order valence-electron chi connectivity index (χ2n) is 6.45. The van der Waals surface area contributed by atoms with Crippen LogP contribution < -0.4 is 5.32 Å². The zero-order valence-electron chi connectivity index (χ0n) is 13.3. The lowest BCUT2D eigenvalue weighted by Crippen LogP contribution is -2.63. The Morgan fingerprint density at radius 3 is 2.43 bits per heavy atom. The Hall–Kier alpha value is -2.57. The first-order chi connectivity index (χ1) is 10.7. The number of nitrogens with one attached hydrogen (secondary N) is 1. The Morgan fingerprint density at radius 1 is 1.30 bits per heavy atom. The number of ether oxygens (including phenoxy) is 1. The van der Waals surface area contributed by atoms with E-state index in [1.54, 1.807) is 45.0 Å². The topological polar surface area (TPSA) is 95.9 Å². The number of carboxylic acid groups (broad SMARTS) is 1. The lowest BCUT2D eigenvalue weighted by atomic mass is 9.73. The smallest absolute Gasteiger partial charge is 0.419 e. The number of amides is 3. The third-order valence-corrected chi connectivity index (χ3v) is 4.06. The van der Waals surface area contributed by atoms with Gasteiger partial charge in [-0.25, -0.2) is 19.3 Å². The van der Waals surface area contributed by atoms with Gasteiger partial charge >= 0.3 is 18.1 Å². The van der Waals surface area contributed by atoms with E-state index in [0.717, 1.165) is 5.56 Å². The van der Waals surface area contributed by atoms with Crippen molar-refractivity contribution in [3.8, 4) is 0 Å². The molecule has 1 aliphatic rings. The number of benzene rings is 1. The highest BCUT2D eigenvalue weighted by Crippen LogP contribution is 2.39. The molecule has 7 heteroatoms. The summed E-state index contributed by atoms with van der Waals surface area (Å²) >= 11 is 0. The normalized spacial score (nSPS) is 21.0. The summed E-state index contributed by atoms with van der Waals surface area (Å²) in [6.07, 6.45) is -0.971. The first-order valence-electron chi connectivity index (χ1n) is 7.22. The number of carbonyl (C=O) groups is 3. The fourth-order valence-corrected chi connectivity index (χ4v) is 2.65. The molecule has 1 aliphatic heterocycles. The number of hydrogen-bond donors (Lipinski definition) is 2. The van der Waals surface area contributed by atoms with Crippen LogP contribution in [0.1, 0.15) is 26.3 Å². The Balaban J connectivity index is 2.25. The number of rotatable bonds is 3. The molecule has 2 rings (SSSR count). The summed E-state index contributed by atoms with van der Waals surface area (Å²) < 4.78 is 5.15. The first-order valence-corrected chi connectivity index (χ1v) is 7.22. The summed E-state index contributed by atoms with van der Waals surface area (Å²) in [7, 11) is 0. The van der Waals surface area contributed by atoms with Crippen LogP contribution >= 0.6 is 0 Å². The van der Waals surface area contributed by atoms with Crippen molar-refractivity contribution in [1.29, 1.82) is 0 Å². The van der Waals surface area contributed by atoms with Crippen LogP contribution in [0.25, 0.3) is 0 Å². The largest absolute Gasteiger partial charge is 0.479 e. The summed E-state index contributed by atoms with van der Waals surface area (Å²) in [5.74, 6) is -1.25. The first kappa shape index (κ1) is 16.8. The third kappa shape index (κ3) is 2.86. The molecule has 1 fully saturated rings. The van der Waals surface area contributed by atoms with Crippen molar-refractivity contribution in [2.45, 2.75) is 32.9 Å². The van der Waals surface area contributed by atoms with Crippen LogP contribution in [0.2, 0.25) is 0 Å². The molecule has 0 radical (unpaired) electrons. The van der Waals surface area contributed by atoms with E-state index in [4.69, 9.17) is 4.74 Å². The highest BCUT2D eigenvalue weighted by molar-refractivity contribution is 6.01. The van der Waals surface area contributed by atoms with Crippen LogP contribution in [0.15, 0.2) is 30.3 Å². The van der Waals surface area contributed by atoms with Gasteiger partial charge in [0.05, 0.1) is 6.54 Å². The van der Waals surface area contributed by atoms with Gasteiger partial charge in [-0.05, 0) is 11.0 Å². The van der Waals surface area contributed by atoms with Gasteiger partial charge in [-0.3, -0.25) is 0 Å². The summed E-state index contributed by atoms with van der Waals surface area (Å²) in [6, 6.07) is 8.19. The van der Waals surface area contributed by atoms with Gasteiger partial charge in [0.15, 0.2) is 5.54 Å². The fourth-order valence-electron chi connectivity index (χ4n) is 2.65. The van der Waals surface area contributed by atoms with Gasteiger partial charge < -0.3 is 15.2 Å². The summed E-state index contributed by atoms with van der Waals surface area (Å²) in [4.78, 5) is 37.0. The SMILES string of the molecule is CC(C)(C)C1(C(=O)O)CNC(=O)N1C(=O)OCc1ccccc1. The van der Waals surface area contributed by atoms with E-state index < -0.39 is 29.0 Å². The molecular weight excluding hydrogens is 300 g/mol. The molecule has 1 unspecified atom stereocenters. The number of carboxylic acids is 1. The molecule has 124 valence electrons. The average molecular weight is 320 g/mol. The van der Waals surface area contributed by atoms with E-state index in [0.29, 0.717) is 4.90 Å². The molecule has 1 heterocycles. The highest BCUT2D eigenvalue weighted by Gasteiger charge is 2.62. The van der Waals surface area contributed by atoms with Crippen LogP contribution in [0.4, 0.5) is 9.59 Å². The number of nitrogens with zero attached hydrogens (tertiary/aromatic N) is 1. The molecule has 1 aromatic carbocycles. The van der Waals surface area contributed by atoms with Gasteiger partial charge in [-0.2, -0.15) is 0 Å². The van der Waals surface area contributed by atoms with E-state index in [9.17, 15) is 19.5 Å². The highest BCUT2D eigenvalue weighted by atomic mass is 16.6. The second-order valence-corrected chi connectivity index (χ2v) is 6.45. The van der Waals surface area contributed by atoms with Crippen molar-refractivity contribution in [1.82, 2.24) is 10.2 Å². The number of urea groups is 1. The van der Waals surface area contributed by atoms with Crippen molar-refractivity contribution in [3.63, 3.8) is 0 Å². The van der Waals surface area contributed by atoms with Crippen LogP contribution in [0, 0.1) is 5.41 Å². The zero-order valence-corrected chi connectivity index (χ0v) is 13.3. The minimum atomic E-state index is -1.70. The van der Waals surface area contributed by atoms with E-state index in [2.05, 4.69) is 5.32 Å². The standard InChI is InChI=1S/C16H20N2O5/c1-15(2,3)16(12(19)20)10-17-13(21)18(16)14(22)23-9-11-7-5-4-6-8-11/h4-8H,9-10H2,1-3H3,(H,17,21)(H,19,20). The molecule has 1 aromatic rings. The number of aliphatic carboxylic acids is 1. The van der Waals surface area contributed by atoms with E-state index in [-0.39, 0.29) is 13.2 Å². The monoisotopic (exact) mass is 320 g/mol. The maximum atomic E-state index is 12.4. The van der Waals surface area contributed by atoms with E-state index in [1.807, 2.05) is 6.07 Å². The van der Waals surface area contributed by atoms with Gasteiger partial charge in [0.25, 0.3) is 0 Å². The quantitative estimate of drug-likeness (QED) is 0.890. The molecule has 1 atom stereocenters. The van der Waals surface area contributed by atoms with Crippen molar-refractivity contribution in [3.05, 3.63) is 35.9 Å². The molecule has 0 saturated carbocycles. The van der Waals surface area contributed by atoms with Crippen molar-refractivity contribution in [2.75, 3.05) is 6.54 Å². The maximum Gasteiger partial charge on any atom is 0.419 e. The second kappa shape index (κ2) is 5.91. The van der Waals surface area contributed by atoms with Gasteiger partial charge in [0.1, 0.15) is 6.61 Å². The average Bonchev–Trinajstić information content (AvgIpc) is 2.84. The molecule has 2 N–H and O–H groups in total. The Bertz CT molecular complexity index is 623. The van der Waals surface area contributed by atoms with Crippen LogP contribution in [-0.2, 0) is 16.1 Å². The van der Waals surface area contributed by atoms with Gasteiger partial charge in [0.2, 0.25) is 0 Å². The van der Waals surface area contributed by atoms with Crippen molar-refractivity contribution >= 4 is 18.1 Å². The minimum absolute atomic E-state index is 0.0384. The molecule has 0 bridgehead atoms. The minimum Gasteiger partial charge on any atom is -0.479 e. The molecule has 3 amide bonds. The maximum absolute atomic E-state index is 12.4. The third-order valence-electron chi connectivity index (χ3n) is 4.06. The fraction of sp³-hybridized carbons (Fsp3) is 0.438. The summed E-state index contributed by atoms with van der Waals surface area (Å²) in [5.41, 5.74) is -1.82. The van der Waals surface area contributed by atoms with E-state index in [1.165, 1.54) is 0 Å². The van der Waals surface area contributed by atoms with Gasteiger partial charge in [-0.15, -0.1) is 0 Å². The molecular formula is C16H20N2O5. The van der Waals surface area contributed by atoms with Crippen molar-refractivity contribution < 1.29 is 24.2 Å². The van der Waals surface area contributed by atoms with Crippen LogP contribution in [0.5, 0.6) is 0 Å². The number of carbonyl (C=O) groups excluding carboxylic acids is 2. The molecule has 0 spiro atoms. The molecule has 1 saturated heterocycles. The number of hydrogen-bond acceptors (Lipinski definition) is 4. The summed E-state index contributed by atoms with van der Waals surface area (Å²) in [5, 5.41) is 12.1. The summed E-state index contributed by atoms with van der Waals surface area (Å²) in [6.45, 7) is 4.80. The zero-order chi connectivity index (χ0) is 17.3. The van der Waals surface area contributed by atoms with Crippen LogP contribution in [-0.4, -0.2) is 40.2 Å². The Labute approximate surface area is 134 Å². The van der Waals surface area contributed by atoms with Crippen LogP contribution in [0.3, 0.4) is 0 Å². The number of imide groups is 1. The van der Waals surface area contributed by atoms with Gasteiger partial charge in [-0.1, -0.05) is 51.1 Å². The van der Waals surface area contributed by atoms with Gasteiger partial charge in [0, 0.05) is 0 Å². The molecule has 23 heavy (non-hydrogen) atoms.